The van der Waals surface area contributed by atoms with Crippen LogP contribution in [-0.4, -0.2) is 22.0 Å². The van der Waals surface area contributed by atoms with E-state index in [2.05, 4.69) is 36.3 Å². The summed E-state index contributed by atoms with van der Waals surface area (Å²) in [6.45, 7) is 5.97. The van der Waals surface area contributed by atoms with E-state index in [4.69, 9.17) is 11.5 Å². The molecule has 1 unspecified atom stereocenters. The number of aromatic nitrogens is 1. The predicted molar refractivity (Wildman–Crippen MR) is 141 cm³/mol. The monoisotopic (exact) mass is 498 g/mol. The maximum atomic E-state index is 13.1. The molecular weight excluding hydrogens is 472 g/mol. The van der Waals surface area contributed by atoms with Crippen molar-refractivity contribution in [2.24, 2.45) is 5.73 Å². The van der Waals surface area contributed by atoms with Gasteiger partial charge in [0.15, 0.2) is 0 Å². The Kier molecular flexibility index (Phi) is 8.31. The molecule has 0 radical (unpaired) electrons. The summed E-state index contributed by atoms with van der Waals surface area (Å²) in [5.74, 6) is -0.737. The molecular formula is C27H26N6O2S. The number of nitrogens with zero attached hydrogens (tertiary/aromatic N) is 3. The van der Waals surface area contributed by atoms with E-state index in [1.165, 1.54) is 6.07 Å². The first kappa shape index (κ1) is 26.3. The van der Waals surface area contributed by atoms with Crippen molar-refractivity contribution >= 4 is 35.1 Å². The fourth-order valence-electron chi connectivity index (χ4n) is 3.68. The first-order valence-electron chi connectivity index (χ1n) is 11.3. The van der Waals surface area contributed by atoms with E-state index < -0.39 is 11.2 Å². The normalized spacial score (nSPS) is 11.4. The number of carbonyl (C=O) groups is 2. The Hall–Kier alpha value is -4.34. The number of rotatable bonds is 8. The van der Waals surface area contributed by atoms with E-state index in [1.807, 2.05) is 31.2 Å². The fraction of sp³-hybridized carbons (Fsp3) is 0.222. The maximum absolute atomic E-state index is 13.1. The number of nitrogens with one attached hydrogen (secondary N) is 1. The van der Waals surface area contributed by atoms with Crippen molar-refractivity contribution in [3.05, 3.63) is 70.8 Å². The Balaban J connectivity index is 2.02. The Morgan fingerprint density at radius 2 is 1.69 bits per heavy atom. The molecule has 3 aromatic rings. The van der Waals surface area contributed by atoms with Crippen molar-refractivity contribution in [3.63, 3.8) is 0 Å². The van der Waals surface area contributed by atoms with E-state index in [0.717, 1.165) is 17.3 Å². The maximum Gasteiger partial charge on any atom is 0.250 e. The van der Waals surface area contributed by atoms with Crippen molar-refractivity contribution in [1.29, 1.82) is 10.5 Å². The van der Waals surface area contributed by atoms with Gasteiger partial charge in [-0.05, 0) is 35.6 Å². The number of hydrogen-bond donors (Lipinski definition) is 3. The van der Waals surface area contributed by atoms with Gasteiger partial charge in [-0.15, -0.1) is 0 Å². The molecule has 182 valence electrons. The van der Waals surface area contributed by atoms with Gasteiger partial charge in [-0.2, -0.15) is 10.5 Å². The molecule has 0 saturated heterocycles. The zero-order chi connectivity index (χ0) is 26.4. The molecule has 0 fully saturated rings. The van der Waals surface area contributed by atoms with Crippen molar-refractivity contribution in [2.75, 3.05) is 11.1 Å². The summed E-state index contributed by atoms with van der Waals surface area (Å²) in [5, 5.41) is 22.2. The van der Waals surface area contributed by atoms with Gasteiger partial charge in [0.1, 0.15) is 28.5 Å². The highest BCUT2D eigenvalue weighted by atomic mass is 32.2. The van der Waals surface area contributed by atoms with Crippen LogP contribution < -0.4 is 16.8 Å². The smallest absolute Gasteiger partial charge is 0.250 e. The molecule has 0 aliphatic heterocycles. The summed E-state index contributed by atoms with van der Waals surface area (Å²) < 4.78 is 0. The van der Waals surface area contributed by atoms with E-state index >= 15 is 0 Å². The molecule has 8 nitrogen and oxygen atoms in total. The summed E-state index contributed by atoms with van der Waals surface area (Å²) in [7, 11) is 0. The number of nitrogens with two attached hydrogens (primary N) is 2. The third-order valence-electron chi connectivity index (χ3n) is 5.65. The number of hydrogen-bond acceptors (Lipinski definition) is 7. The van der Waals surface area contributed by atoms with Crippen molar-refractivity contribution < 1.29 is 9.59 Å². The summed E-state index contributed by atoms with van der Waals surface area (Å²) in [6, 6.07) is 18.3. The first-order chi connectivity index (χ1) is 17.2. The Morgan fingerprint density at radius 3 is 2.25 bits per heavy atom. The van der Waals surface area contributed by atoms with Crippen LogP contribution >= 0.6 is 11.8 Å². The molecule has 3 rings (SSSR count). The van der Waals surface area contributed by atoms with Crippen LogP contribution in [-0.2, 0) is 4.79 Å². The van der Waals surface area contributed by atoms with Gasteiger partial charge < -0.3 is 16.8 Å². The molecule has 0 spiro atoms. The van der Waals surface area contributed by atoms with Gasteiger partial charge >= 0.3 is 0 Å². The van der Waals surface area contributed by atoms with Gasteiger partial charge in [0.2, 0.25) is 5.91 Å². The quantitative estimate of drug-likeness (QED) is 0.376. The van der Waals surface area contributed by atoms with Crippen LogP contribution in [0, 0.1) is 22.7 Å². The number of nitrogen functional groups attached to an aromatic ring is 1. The van der Waals surface area contributed by atoms with Gasteiger partial charge in [-0.1, -0.05) is 68.9 Å². The van der Waals surface area contributed by atoms with Crippen LogP contribution in [0.15, 0.2) is 53.6 Å². The number of anilines is 2. The fourth-order valence-corrected chi connectivity index (χ4v) is 4.70. The molecule has 1 heterocycles. The molecule has 2 amide bonds. The highest BCUT2D eigenvalue weighted by Gasteiger charge is 2.26. The number of benzene rings is 2. The molecule has 36 heavy (non-hydrogen) atoms. The van der Waals surface area contributed by atoms with Gasteiger partial charge in [-0.25, -0.2) is 4.98 Å². The molecule has 0 saturated carbocycles. The molecule has 0 aliphatic rings. The number of primary amides is 1. The minimum Gasteiger partial charge on any atom is -0.383 e. The van der Waals surface area contributed by atoms with Crippen LogP contribution in [0.25, 0.3) is 11.1 Å². The van der Waals surface area contributed by atoms with Crippen LogP contribution in [0.2, 0.25) is 0 Å². The molecule has 0 aliphatic carbocycles. The topological polar surface area (TPSA) is 159 Å². The second-order valence-electron chi connectivity index (χ2n) is 8.34. The summed E-state index contributed by atoms with van der Waals surface area (Å²) in [5.41, 5.74) is 14.5. The number of carbonyl (C=O) groups excluding carboxylic acids is 2. The Morgan fingerprint density at radius 1 is 1.06 bits per heavy atom. The largest absolute Gasteiger partial charge is 0.383 e. The molecule has 2 aromatic carbocycles. The third-order valence-corrected chi connectivity index (χ3v) is 7.00. The average Bonchev–Trinajstić information content (AvgIpc) is 2.86. The van der Waals surface area contributed by atoms with Crippen molar-refractivity contribution in [1.82, 2.24) is 4.98 Å². The average molecular weight is 499 g/mol. The molecule has 0 bridgehead atoms. The Labute approximate surface area is 214 Å². The number of nitriles is 2. The van der Waals surface area contributed by atoms with E-state index in [9.17, 15) is 20.1 Å². The molecule has 5 N–H and O–H groups in total. The molecule has 1 aromatic heterocycles. The minimum atomic E-state index is -0.659. The lowest BCUT2D eigenvalue weighted by Gasteiger charge is -2.18. The van der Waals surface area contributed by atoms with Gasteiger partial charge in [-0.3, -0.25) is 9.59 Å². The van der Waals surface area contributed by atoms with E-state index in [1.54, 1.807) is 18.2 Å². The summed E-state index contributed by atoms with van der Waals surface area (Å²) >= 11 is 1.08. The molecule has 9 heteroatoms. The summed E-state index contributed by atoms with van der Waals surface area (Å²) in [6.07, 6.45) is 0.403. The van der Waals surface area contributed by atoms with Crippen LogP contribution in [0.5, 0.6) is 0 Å². The number of amides is 2. The highest BCUT2D eigenvalue weighted by Crippen LogP contribution is 2.38. The minimum absolute atomic E-state index is 0.0173. The van der Waals surface area contributed by atoms with Crippen molar-refractivity contribution in [2.45, 2.75) is 43.4 Å². The van der Waals surface area contributed by atoms with Gasteiger partial charge in [0.05, 0.1) is 22.1 Å². The van der Waals surface area contributed by atoms with Gasteiger partial charge in [0, 0.05) is 5.56 Å². The van der Waals surface area contributed by atoms with Gasteiger partial charge in [0.25, 0.3) is 5.91 Å². The number of thioether (sulfide) groups is 1. The predicted octanol–water partition coefficient (Wildman–Crippen LogP) is 4.81. The third kappa shape index (κ3) is 5.48. The summed E-state index contributed by atoms with van der Waals surface area (Å²) in [4.78, 5) is 29.1. The zero-order valence-electron chi connectivity index (χ0n) is 20.2. The zero-order valence-corrected chi connectivity index (χ0v) is 21.0. The van der Waals surface area contributed by atoms with Crippen LogP contribution in [0.4, 0.5) is 11.5 Å². The SMILES string of the molecule is CCC(Sc1nc(N)c(C#N)c(-c2ccc(C(C)C)cc2)c1C#N)C(=O)Nc1ccccc1C(N)=O. The second kappa shape index (κ2) is 11.4. The second-order valence-corrected chi connectivity index (χ2v) is 9.53. The first-order valence-corrected chi connectivity index (χ1v) is 12.2. The van der Waals surface area contributed by atoms with Crippen molar-refractivity contribution in [3.8, 4) is 23.3 Å². The van der Waals surface area contributed by atoms with Crippen LogP contribution in [0.3, 0.4) is 0 Å². The van der Waals surface area contributed by atoms with E-state index in [0.29, 0.717) is 29.2 Å². The number of para-hydroxylation sites is 1. The van der Waals surface area contributed by atoms with Crippen LogP contribution in [0.1, 0.15) is 60.2 Å². The lowest BCUT2D eigenvalue weighted by molar-refractivity contribution is -0.115. The van der Waals surface area contributed by atoms with E-state index in [-0.39, 0.29) is 33.4 Å². The molecule has 1 atom stereocenters. The Bertz CT molecular complexity index is 1390. The highest BCUT2D eigenvalue weighted by molar-refractivity contribution is 8.00. The lowest BCUT2D eigenvalue weighted by atomic mass is 9.94. The standard InChI is InChI=1S/C27H26N6O2S/c1-4-22(26(35)32-21-8-6-5-7-18(21)25(31)34)36-27-20(14-29)23(19(13-28)24(30)33-27)17-11-9-16(10-12-17)15(2)3/h5-12,15,22H,4H2,1-3H3,(H2,30,33)(H2,31,34)(H,32,35). The lowest BCUT2D eigenvalue weighted by Crippen LogP contribution is -2.26. The number of pyridine rings is 1.